The summed E-state index contributed by atoms with van der Waals surface area (Å²) in [4.78, 5) is 16.0. The second-order valence-electron chi connectivity index (χ2n) is 4.64. The minimum absolute atomic E-state index is 0.164. The molecule has 0 bridgehead atoms. The van der Waals surface area contributed by atoms with Crippen molar-refractivity contribution >= 4 is 33.2 Å². The van der Waals surface area contributed by atoms with Crippen LogP contribution in [-0.2, 0) is 6.42 Å². The fourth-order valence-corrected chi connectivity index (χ4v) is 3.01. The summed E-state index contributed by atoms with van der Waals surface area (Å²) in [7, 11) is 0. The van der Waals surface area contributed by atoms with Crippen molar-refractivity contribution in [2.45, 2.75) is 20.3 Å². The highest BCUT2D eigenvalue weighted by atomic mass is 79.9. The van der Waals surface area contributed by atoms with Gasteiger partial charge in [-0.05, 0) is 53.9 Å². The molecule has 2 rings (SSSR count). The third-order valence-corrected chi connectivity index (χ3v) is 4.38. The summed E-state index contributed by atoms with van der Waals surface area (Å²) in [6.45, 7) is 5.59. The molecule has 7 heteroatoms. The van der Waals surface area contributed by atoms with Gasteiger partial charge in [-0.15, -0.1) is 11.3 Å². The number of aromatic nitrogens is 1. The van der Waals surface area contributed by atoms with Gasteiger partial charge in [-0.3, -0.25) is 4.79 Å². The molecule has 0 aliphatic rings. The van der Waals surface area contributed by atoms with E-state index in [-0.39, 0.29) is 5.91 Å². The van der Waals surface area contributed by atoms with Crippen LogP contribution in [0.2, 0.25) is 0 Å². The molecular formula is C16H19BrN2O3S. The standard InChI is InChI=1S/C16H19BrN2O3S/c1-3-21-13-6-5-11(9-14(13)22-4-2)7-8-18-15(20)12-10-23-16(17)19-12/h5-6,9-10H,3-4,7-8H2,1-2H3,(H,18,20). The van der Waals surface area contributed by atoms with Crippen LogP contribution in [0.5, 0.6) is 11.5 Å². The first-order valence-corrected chi connectivity index (χ1v) is 9.09. The molecule has 1 aromatic carbocycles. The Morgan fingerprint density at radius 1 is 1.26 bits per heavy atom. The molecule has 1 amide bonds. The number of hydrogen-bond donors (Lipinski definition) is 1. The van der Waals surface area contributed by atoms with Crippen molar-refractivity contribution in [1.82, 2.24) is 10.3 Å². The van der Waals surface area contributed by atoms with Crippen molar-refractivity contribution in [1.29, 1.82) is 0 Å². The molecule has 0 saturated carbocycles. The second kappa shape index (κ2) is 8.88. The Morgan fingerprint density at radius 3 is 2.65 bits per heavy atom. The van der Waals surface area contributed by atoms with Crippen molar-refractivity contribution in [3.63, 3.8) is 0 Å². The Kier molecular flexibility index (Phi) is 6.85. The molecule has 0 unspecified atom stereocenters. The fraction of sp³-hybridized carbons (Fsp3) is 0.375. The zero-order valence-electron chi connectivity index (χ0n) is 13.1. The van der Waals surface area contributed by atoms with E-state index in [4.69, 9.17) is 9.47 Å². The van der Waals surface area contributed by atoms with Crippen molar-refractivity contribution < 1.29 is 14.3 Å². The van der Waals surface area contributed by atoms with Gasteiger partial charge in [-0.2, -0.15) is 0 Å². The Bertz CT molecular complexity index is 661. The predicted octanol–water partition coefficient (Wildman–Crippen LogP) is 3.68. The highest BCUT2D eigenvalue weighted by molar-refractivity contribution is 9.11. The van der Waals surface area contributed by atoms with Crippen LogP contribution in [-0.4, -0.2) is 30.6 Å². The number of halogens is 1. The lowest BCUT2D eigenvalue weighted by atomic mass is 10.1. The molecule has 0 atom stereocenters. The van der Waals surface area contributed by atoms with Crippen molar-refractivity contribution in [3.8, 4) is 11.5 Å². The van der Waals surface area contributed by atoms with E-state index < -0.39 is 0 Å². The van der Waals surface area contributed by atoms with Crippen molar-refractivity contribution in [2.24, 2.45) is 0 Å². The lowest BCUT2D eigenvalue weighted by Crippen LogP contribution is -2.25. The molecule has 1 aromatic heterocycles. The smallest absolute Gasteiger partial charge is 0.270 e. The molecule has 0 radical (unpaired) electrons. The maximum Gasteiger partial charge on any atom is 0.270 e. The summed E-state index contributed by atoms with van der Waals surface area (Å²) in [5.74, 6) is 1.32. The van der Waals surface area contributed by atoms with Crippen LogP contribution in [0, 0.1) is 0 Å². The van der Waals surface area contributed by atoms with Crippen LogP contribution in [0.4, 0.5) is 0 Å². The van der Waals surface area contributed by atoms with Crippen molar-refractivity contribution in [3.05, 3.63) is 38.8 Å². The maximum absolute atomic E-state index is 11.9. The molecule has 0 fully saturated rings. The average Bonchev–Trinajstić information content (AvgIpc) is 2.97. The minimum Gasteiger partial charge on any atom is -0.490 e. The SMILES string of the molecule is CCOc1ccc(CCNC(=O)c2csc(Br)n2)cc1OCC. The van der Waals surface area contributed by atoms with E-state index in [0.29, 0.717) is 35.8 Å². The molecule has 0 spiro atoms. The van der Waals surface area contributed by atoms with Crippen molar-refractivity contribution in [2.75, 3.05) is 19.8 Å². The van der Waals surface area contributed by atoms with Gasteiger partial charge in [0, 0.05) is 11.9 Å². The lowest BCUT2D eigenvalue weighted by molar-refractivity contribution is 0.0949. The summed E-state index contributed by atoms with van der Waals surface area (Å²) < 4.78 is 11.8. The van der Waals surface area contributed by atoms with Gasteiger partial charge in [0.25, 0.3) is 5.91 Å². The van der Waals surface area contributed by atoms with E-state index >= 15 is 0 Å². The number of carbonyl (C=O) groups is 1. The van der Waals surface area contributed by atoms with Crippen LogP contribution in [0.25, 0.3) is 0 Å². The number of nitrogens with one attached hydrogen (secondary N) is 1. The van der Waals surface area contributed by atoms with Crippen LogP contribution >= 0.6 is 27.3 Å². The van der Waals surface area contributed by atoms with Gasteiger partial charge in [-0.25, -0.2) is 4.98 Å². The van der Waals surface area contributed by atoms with Gasteiger partial charge in [0.15, 0.2) is 15.4 Å². The van der Waals surface area contributed by atoms with Gasteiger partial charge in [-0.1, -0.05) is 6.07 Å². The zero-order chi connectivity index (χ0) is 16.7. The lowest BCUT2D eigenvalue weighted by Gasteiger charge is -2.12. The van der Waals surface area contributed by atoms with Crippen LogP contribution in [0.15, 0.2) is 27.5 Å². The quantitative estimate of drug-likeness (QED) is 0.736. The summed E-state index contributed by atoms with van der Waals surface area (Å²) in [5.41, 5.74) is 1.51. The third kappa shape index (κ3) is 5.21. The fourth-order valence-electron chi connectivity index (χ4n) is 2.02. The molecule has 2 aromatic rings. The summed E-state index contributed by atoms with van der Waals surface area (Å²) in [6, 6.07) is 5.85. The largest absolute Gasteiger partial charge is 0.490 e. The van der Waals surface area contributed by atoms with Crippen LogP contribution in [0.1, 0.15) is 29.9 Å². The van der Waals surface area contributed by atoms with E-state index in [2.05, 4.69) is 26.2 Å². The molecule has 124 valence electrons. The average molecular weight is 399 g/mol. The second-order valence-corrected chi connectivity index (χ2v) is 6.77. The van der Waals surface area contributed by atoms with Gasteiger partial charge in [0.2, 0.25) is 0 Å². The van der Waals surface area contributed by atoms with Crippen LogP contribution < -0.4 is 14.8 Å². The maximum atomic E-state index is 11.9. The summed E-state index contributed by atoms with van der Waals surface area (Å²) >= 11 is 4.64. The third-order valence-electron chi connectivity index (χ3n) is 3.02. The Morgan fingerprint density at radius 2 is 2.00 bits per heavy atom. The number of thiazole rings is 1. The number of amides is 1. The Labute approximate surface area is 148 Å². The highest BCUT2D eigenvalue weighted by Gasteiger charge is 2.10. The molecule has 1 N–H and O–H groups in total. The summed E-state index contributed by atoms with van der Waals surface area (Å²) in [6.07, 6.45) is 0.712. The monoisotopic (exact) mass is 398 g/mol. The van der Waals surface area contributed by atoms with E-state index in [1.54, 1.807) is 5.38 Å². The molecule has 5 nitrogen and oxygen atoms in total. The van der Waals surface area contributed by atoms with Gasteiger partial charge >= 0.3 is 0 Å². The van der Waals surface area contributed by atoms with E-state index in [1.165, 1.54) is 11.3 Å². The minimum atomic E-state index is -0.164. The van der Waals surface area contributed by atoms with E-state index in [9.17, 15) is 4.79 Å². The first-order chi connectivity index (χ1) is 11.1. The van der Waals surface area contributed by atoms with Gasteiger partial charge in [0.05, 0.1) is 13.2 Å². The zero-order valence-corrected chi connectivity index (χ0v) is 15.5. The molecule has 0 aliphatic heterocycles. The highest BCUT2D eigenvalue weighted by Crippen LogP contribution is 2.28. The number of ether oxygens (including phenoxy) is 2. The molecule has 1 heterocycles. The topological polar surface area (TPSA) is 60.5 Å². The normalized spacial score (nSPS) is 10.4. The molecule has 0 aliphatic carbocycles. The number of carbonyl (C=O) groups excluding carboxylic acids is 1. The molecule has 23 heavy (non-hydrogen) atoms. The molecule has 0 saturated heterocycles. The predicted molar refractivity (Wildman–Crippen MR) is 94.6 cm³/mol. The van der Waals surface area contributed by atoms with E-state index in [0.717, 1.165) is 17.1 Å². The number of nitrogens with zero attached hydrogens (tertiary/aromatic N) is 1. The number of rotatable bonds is 8. The first-order valence-electron chi connectivity index (χ1n) is 7.41. The van der Waals surface area contributed by atoms with Gasteiger partial charge in [0.1, 0.15) is 5.69 Å². The van der Waals surface area contributed by atoms with Crippen LogP contribution in [0.3, 0.4) is 0 Å². The number of hydrogen-bond acceptors (Lipinski definition) is 5. The summed E-state index contributed by atoms with van der Waals surface area (Å²) in [5, 5.41) is 4.59. The molecular weight excluding hydrogens is 380 g/mol. The first kappa shape index (κ1) is 17.7. The Balaban J connectivity index is 1.92. The number of benzene rings is 1. The van der Waals surface area contributed by atoms with E-state index in [1.807, 2.05) is 32.0 Å². The van der Waals surface area contributed by atoms with Gasteiger partial charge < -0.3 is 14.8 Å². The Hall–Kier alpha value is -1.60.